The summed E-state index contributed by atoms with van der Waals surface area (Å²) in [5.74, 6) is 1.08. The lowest BCUT2D eigenvalue weighted by atomic mass is 9.82. The van der Waals surface area contributed by atoms with Gasteiger partial charge in [-0.05, 0) is 81.4 Å². The van der Waals surface area contributed by atoms with Crippen LogP contribution in [-0.2, 0) is 11.3 Å². The molecule has 0 bridgehead atoms. The first-order valence-electron chi connectivity index (χ1n) is 10.9. The number of pyridine rings is 1. The molecule has 30 heavy (non-hydrogen) atoms. The van der Waals surface area contributed by atoms with Gasteiger partial charge in [0, 0.05) is 24.3 Å². The fourth-order valence-electron chi connectivity index (χ4n) is 4.21. The molecular formula is C24H30ClN3O2. The minimum Gasteiger partial charge on any atom is -0.490 e. The van der Waals surface area contributed by atoms with E-state index in [2.05, 4.69) is 21.3 Å². The molecule has 6 heteroatoms. The number of carbonyl (C=O) groups excluding carboxylic acids is 1. The summed E-state index contributed by atoms with van der Waals surface area (Å²) in [7, 11) is 0. The molecular weight excluding hydrogens is 398 g/mol. The molecule has 1 unspecified atom stereocenters. The van der Waals surface area contributed by atoms with Gasteiger partial charge in [-0.2, -0.15) is 0 Å². The number of amides is 1. The van der Waals surface area contributed by atoms with Gasteiger partial charge in [-0.15, -0.1) is 0 Å². The van der Waals surface area contributed by atoms with Crippen molar-refractivity contribution in [3.8, 4) is 5.75 Å². The lowest BCUT2D eigenvalue weighted by Gasteiger charge is -2.35. The molecule has 2 aliphatic rings. The lowest BCUT2D eigenvalue weighted by Crippen LogP contribution is -2.42. The van der Waals surface area contributed by atoms with Crippen molar-refractivity contribution >= 4 is 17.5 Å². The summed E-state index contributed by atoms with van der Waals surface area (Å²) < 4.78 is 6.09. The zero-order valence-electron chi connectivity index (χ0n) is 17.5. The Morgan fingerprint density at radius 1 is 1.27 bits per heavy atom. The van der Waals surface area contributed by atoms with Gasteiger partial charge >= 0.3 is 0 Å². The van der Waals surface area contributed by atoms with E-state index in [1.807, 2.05) is 37.3 Å². The molecule has 1 N–H and O–H groups in total. The maximum Gasteiger partial charge on any atom is 0.228 e. The van der Waals surface area contributed by atoms with Crippen LogP contribution >= 0.6 is 11.6 Å². The minimum absolute atomic E-state index is 0.0263. The van der Waals surface area contributed by atoms with Crippen LogP contribution in [0.25, 0.3) is 0 Å². The summed E-state index contributed by atoms with van der Waals surface area (Å²) in [5, 5.41) is 3.84. The Morgan fingerprint density at radius 2 is 2.07 bits per heavy atom. The SMILES string of the molecule is CC(C(=O)NCC1CC(Oc2ccc(CN3CCCC3)c(Cl)c2)C1)c1ccccn1. The zero-order valence-corrected chi connectivity index (χ0v) is 18.3. The number of halogens is 1. The Labute approximate surface area is 183 Å². The van der Waals surface area contributed by atoms with Gasteiger partial charge in [0.25, 0.3) is 0 Å². The van der Waals surface area contributed by atoms with Crippen LogP contribution in [0.2, 0.25) is 5.02 Å². The average molecular weight is 428 g/mol. The highest BCUT2D eigenvalue weighted by Crippen LogP contribution is 2.33. The van der Waals surface area contributed by atoms with Crippen LogP contribution in [-0.4, -0.2) is 41.5 Å². The molecule has 1 aliphatic heterocycles. The highest BCUT2D eigenvalue weighted by Gasteiger charge is 2.31. The maximum atomic E-state index is 12.4. The van der Waals surface area contributed by atoms with Crippen molar-refractivity contribution in [2.75, 3.05) is 19.6 Å². The number of ether oxygens (including phenoxy) is 1. The van der Waals surface area contributed by atoms with Gasteiger partial charge in [-0.3, -0.25) is 14.7 Å². The largest absolute Gasteiger partial charge is 0.490 e. The monoisotopic (exact) mass is 427 g/mol. The van der Waals surface area contributed by atoms with E-state index in [4.69, 9.17) is 16.3 Å². The Morgan fingerprint density at radius 3 is 2.77 bits per heavy atom. The number of rotatable bonds is 8. The third-order valence-corrected chi connectivity index (χ3v) is 6.55. The molecule has 5 nitrogen and oxygen atoms in total. The molecule has 2 heterocycles. The molecule has 1 aliphatic carbocycles. The number of hydrogen-bond acceptors (Lipinski definition) is 4. The number of carbonyl (C=O) groups is 1. The fraction of sp³-hybridized carbons (Fsp3) is 0.500. The van der Waals surface area contributed by atoms with Crippen LogP contribution < -0.4 is 10.1 Å². The second kappa shape index (κ2) is 9.80. The first kappa shape index (κ1) is 21.1. The molecule has 2 fully saturated rings. The highest BCUT2D eigenvalue weighted by atomic mass is 35.5. The predicted molar refractivity (Wildman–Crippen MR) is 119 cm³/mol. The number of hydrogen-bond donors (Lipinski definition) is 1. The second-order valence-electron chi connectivity index (χ2n) is 8.54. The van der Waals surface area contributed by atoms with E-state index in [9.17, 15) is 4.79 Å². The van der Waals surface area contributed by atoms with E-state index in [-0.39, 0.29) is 17.9 Å². The van der Waals surface area contributed by atoms with Crippen LogP contribution in [0, 0.1) is 5.92 Å². The highest BCUT2D eigenvalue weighted by molar-refractivity contribution is 6.31. The third-order valence-electron chi connectivity index (χ3n) is 6.20. The van der Waals surface area contributed by atoms with E-state index in [0.717, 1.165) is 48.9 Å². The summed E-state index contributed by atoms with van der Waals surface area (Å²) in [6.07, 6.45) is 6.38. The lowest BCUT2D eigenvalue weighted by molar-refractivity contribution is -0.122. The van der Waals surface area contributed by atoms with Crippen LogP contribution in [0.4, 0.5) is 0 Å². The van der Waals surface area contributed by atoms with Gasteiger partial charge in [0.15, 0.2) is 0 Å². The van der Waals surface area contributed by atoms with Gasteiger partial charge in [-0.1, -0.05) is 23.7 Å². The molecule has 1 amide bonds. The molecule has 0 radical (unpaired) electrons. The Bertz CT molecular complexity index is 849. The van der Waals surface area contributed by atoms with Crippen LogP contribution in [0.15, 0.2) is 42.6 Å². The van der Waals surface area contributed by atoms with Crippen molar-refractivity contribution in [1.29, 1.82) is 0 Å². The molecule has 1 aromatic heterocycles. The maximum absolute atomic E-state index is 12.4. The molecule has 4 rings (SSSR count). The molecule has 2 aromatic rings. The van der Waals surface area contributed by atoms with E-state index in [1.54, 1.807) is 6.20 Å². The van der Waals surface area contributed by atoms with E-state index < -0.39 is 0 Å². The van der Waals surface area contributed by atoms with Crippen molar-refractivity contribution in [3.63, 3.8) is 0 Å². The van der Waals surface area contributed by atoms with E-state index in [1.165, 1.54) is 18.4 Å². The van der Waals surface area contributed by atoms with Crippen LogP contribution in [0.5, 0.6) is 5.75 Å². The van der Waals surface area contributed by atoms with Crippen molar-refractivity contribution in [1.82, 2.24) is 15.2 Å². The Balaban J connectivity index is 1.18. The standard InChI is InChI=1S/C24H30ClN3O2/c1-17(23-6-2-3-9-26-23)24(29)27-15-18-12-21(13-18)30-20-8-7-19(22(25)14-20)16-28-10-4-5-11-28/h2-3,6-9,14,17-18,21H,4-5,10-13,15-16H2,1H3,(H,27,29). The summed E-state index contributed by atoms with van der Waals surface area (Å²) in [4.78, 5) is 19.1. The molecule has 1 saturated heterocycles. The van der Waals surface area contributed by atoms with Crippen molar-refractivity contribution in [2.24, 2.45) is 5.92 Å². The second-order valence-corrected chi connectivity index (χ2v) is 8.94. The van der Waals surface area contributed by atoms with Crippen molar-refractivity contribution in [2.45, 2.75) is 51.2 Å². The zero-order chi connectivity index (χ0) is 20.9. The quantitative estimate of drug-likeness (QED) is 0.678. The number of likely N-dealkylation sites (tertiary alicyclic amines) is 1. The van der Waals surface area contributed by atoms with Gasteiger partial charge in [0.1, 0.15) is 5.75 Å². The molecule has 160 valence electrons. The summed E-state index contributed by atoms with van der Waals surface area (Å²) in [5.41, 5.74) is 1.97. The summed E-state index contributed by atoms with van der Waals surface area (Å²) in [6, 6.07) is 11.7. The van der Waals surface area contributed by atoms with Gasteiger partial charge < -0.3 is 10.1 Å². The van der Waals surface area contributed by atoms with Crippen molar-refractivity contribution < 1.29 is 9.53 Å². The Kier molecular flexibility index (Phi) is 6.90. The van der Waals surface area contributed by atoms with Crippen molar-refractivity contribution in [3.05, 3.63) is 58.9 Å². The van der Waals surface area contributed by atoms with Gasteiger partial charge in [0.2, 0.25) is 5.91 Å². The number of benzene rings is 1. The first-order valence-corrected chi connectivity index (χ1v) is 11.3. The number of nitrogens with zero attached hydrogens (tertiary/aromatic N) is 2. The van der Waals surface area contributed by atoms with E-state index >= 15 is 0 Å². The van der Waals surface area contributed by atoms with Crippen LogP contribution in [0.3, 0.4) is 0 Å². The number of aromatic nitrogens is 1. The predicted octanol–water partition coefficient (Wildman–Crippen LogP) is 4.41. The molecule has 1 atom stereocenters. The Hall–Kier alpha value is -2.11. The average Bonchev–Trinajstić information content (AvgIpc) is 3.24. The fourth-order valence-corrected chi connectivity index (χ4v) is 4.44. The first-order chi connectivity index (χ1) is 14.6. The van der Waals surface area contributed by atoms with E-state index in [0.29, 0.717) is 12.5 Å². The third kappa shape index (κ3) is 5.32. The normalized spacial score (nSPS) is 22.3. The molecule has 1 saturated carbocycles. The van der Waals surface area contributed by atoms with Crippen LogP contribution in [0.1, 0.15) is 49.8 Å². The minimum atomic E-state index is -0.237. The topological polar surface area (TPSA) is 54.5 Å². The molecule has 1 aromatic carbocycles. The summed E-state index contributed by atoms with van der Waals surface area (Å²) in [6.45, 7) is 5.82. The number of nitrogens with one attached hydrogen (secondary N) is 1. The smallest absolute Gasteiger partial charge is 0.228 e. The summed E-state index contributed by atoms with van der Waals surface area (Å²) >= 11 is 6.49. The molecule has 0 spiro atoms. The van der Waals surface area contributed by atoms with Gasteiger partial charge in [0.05, 0.1) is 17.7 Å². The van der Waals surface area contributed by atoms with Gasteiger partial charge in [-0.25, -0.2) is 0 Å².